The number of amides is 1. The smallest absolute Gasteiger partial charge is 0.272 e. The molecule has 0 atom stereocenters. The Bertz CT molecular complexity index is 944. The largest absolute Gasteiger partial charge is 0.337 e. The van der Waals surface area contributed by atoms with Crippen LogP contribution in [0.5, 0.6) is 0 Å². The third-order valence-electron chi connectivity index (χ3n) is 4.24. The molecule has 1 amide bonds. The SMILES string of the molecule is CCn1c(C(=O)Nc2ccc(C)c(Cl)c2)c(C)c2cc(Cl)ccc21. The normalized spacial score (nSPS) is 11.0. The summed E-state index contributed by atoms with van der Waals surface area (Å²) in [5.74, 6) is -0.151. The molecule has 0 saturated carbocycles. The summed E-state index contributed by atoms with van der Waals surface area (Å²) < 4.78 is 2.01. The number of carbonyl (C=O) groups excluding carboxylic acids is 1. The van der Waals surface area contributed by atoms with Crippen LogP contribution in [0.25, 0.3) is 10.9 Å². The Balaban J connectivity index is 2.06. The summed E-state index contributed by atoms with van der Waals surface area (Å²) in [6.45, 7) is 6.59. The molecule has 0 saturated heterocycles. The Labute approximate surface area is 151 Å². The molecule has 5 heteroatoms. The quantitative estimate of drug-likeness (QED) is 0.625. The van der Waals surface area contributed by atoms with Gasteiger partial charge in [0.25, 0.3) is 5.91 Å². The maximum atomic E-state index is 12.9. The molecule has 0 aliphatic heterocycles. The van der Waals surface area contributed by atoms with Crippen molar-refractivity contribution in [2.45, 2.75) is 27.3 Å². The van der Waals surface area contributed by atoms with Gasteiger partial charge in [0.2, 0.25) is 0 Å². The summed E-state index contributed by atoms with van der Waals surface area (Å²) >= 11 is 12.3. The molecule has 24 heavy (non-hydrogen) atoms. The fourth-order valence-electron chi connectivity index (χ4n) is 2.98. The van der Waals surface area contributed by atoms with Gasteiger partial charge in [0, 0.05) is 33.2 Å². The third-order valence-corrected chi connectivity index (χ3v) is 4.88. The first-order valence-electron chi connectivity index (χ1n) is 7.78. The monoisotopic (exact) mass is 360 g/mol. The lowest BCUT2D eigenvalue weighted by molar-refractivity contribution is 0.101. The van der Waals surface area contributed by atoms with Crippen molar-refractivity contribution in [3.63, 3.8) is 0 Å². The van der Waals surface area contributed by atoms with Crippen LogP contribution in [-0.2, 0) is 6.54 Å². The Morgan fingerprint density at radius 1 is 1.12 bits per heavy atom. The topological polar surface area (TPSA) is 34.0 Å². The van der Waals surface area contributed by atoms with Gasteiger partial charge >= 0.3 is 0 Å². The molecule has 0 unspecified atom stereocenters. The number of aryl methyl sites for hydroxylation is 3. The fourth-order valence-corrected chi connectivity index (χ4v) is 3.33. The van der Waals surface area contributed by atoms with Crippen molar-refractivity contribution in [3.8, 4) is 0 Å². The number of nitrogens with zero attached hydrogens (tertiary/aromatic N) is 1. The Hall–Kier alpha value is -1.97. The molecule has 1 aromatic heterocycles. The zero-order chi connectivity index (χ0) is 17.4. The van der Waals surface area contributed by atoms with Crippen molar-refractivity contribution in [2.24, 2.45) is 0 Å². The van der Waals surface area contributed by atoms with Crippen molar-refractivity contribution in [3.05, 3.63) is 63.3 Å². The second-order valence-electron chi connectivity index (χ2n) is 5.80. The molecule has 0 bridgehead atoms. The summed E-state index contributed by atoms with van der Waals surface area (Å²) in [6.07, 6.45) is 0. The van der Waals surface area contributed by atoms with Gasteiger partial charge in [-0.1, -0.05) is 29.3 Å². The molecular weight excluding hydrogens is 343 g/mol. The number of fused-ring (bicyclic) bond motifs is 1. The van der Waals surface area contributed by atoms with Gasteiger partial charge < -0.3 is 9.88 Å². The van der Waals surface area contributed by atoms with E-state index in [-0.39, 0.29) is 5.91 Å². The number of nitrogens with one attached hydrogen (secondary N) is 1. The molecule has 0 aliphatic rings. The van der Waals surface area contributed by atoms with E-state index in [1.807, 2.05) is 55.7 Å². The average Bonchev–Trinajstić information content (AvgIpc) is 2.83. The van der Waals surface area contributed by atoms with E-state index in [9.17, 15) is 4.79 Å². The van der Waals surface area contributed by atoms with Crippen molar-refractivity contribution >= 4 is 45.7 Å². The van der Waals surface area contributed by atoms with Crippen LogP contribution < -0.4 is 5.32 Å². The van der Waals surface area contributed by atoms with E-state index in [0.29, 0.717) is 28.0 Å². The molecular formula is C19H18Cl2N2O. The van der Waals surface area contributed by atoms with E-state index in [2.05, 4.69) is 5.32 Å². The van der Waals surface area contributed by atoms with Crippen LogP contribution in [0.15, 0.2) is 36.4 Å². The maximum Gasteiger partial charge on any atom is 0.272 e. The predicted octanol–water partition coefficient (Wildman–Crippen LogP) is 5.84. The number of halogens is 2. The molecule has 3 aromatic rings. The number of benzene rings is 2. The van der Waals surface area contributed by atoms with Crippen LogP contribution >= 0.6 is 23.2 Å². The van der Waals surface area contributed by atoms with Crippen LogP contribution in [0.4, 0.5) is 5.69 Å². The summed E-state index contributed by atoms with van der Waals surface area (Å²) in [7, 11) is 0. The van der Waals surface area contributed by atoms with Gasteiger partial charge in [0.1, 0.15) is 5.69 Å². The zero-order valence-electron chi connectivity index (χ0n) is 13.8. The Morgan fingerprint density at radius 2 is 1.88 bits per heavy atom. The highest BCUT2D eigenvalue weighted by molar-refractivity contribution is 6.32. The minimum absolute atomic E-state index is 0.151. The molecule has 3 nitrogen and oxygen atoms in total. The van der Waals surface area contributed by atoms with Gasteiger partial charge in [-0.25, -0.2) is 0 Å². The first-order chi connectivity index (χ1) is 11.4. The van der Waals surface area contributed by atoms with Crippen molar-refractivity contribution in [2.75, 3.05) is 5.32 Å². The summed E-state index contributed by atoms with van der Waals surface area (Å²) in [6, 6.07) is 11.2. The van der Waals surface area contributed by atoms with E-state index in [1.54, 1.807) is 6.07 Å². The van der Waals surface area contributed by atoms with Crippen LogP contribution in [0.3, 0.4) is 0 Å². The van der Waals surface area contributed by atoms with Crippen LogP contribution in [0, 0.1) is 13.8 Å². The van der Waals surface area contributed by atoms with Crippen LogP contribution in [0.2, 0.25) is 10.0 Å². The van der Waals surface area contributed by atoms with Crippen molar-refractivity contribution < 1.29 is 4.79 Å². The van der Waals surface area contributed by atoms with E-state index < -0.39 is 0 Å². The lowest BCUT2D eigenvalue weighted by Crippen LogP contribution is -2.17. The van der Waals surface area contributed by atoms with E-state index in [1.165, 1.54) is 0 Å². The standard InChI is InChI=1S/C19H18Cl2N2O/c1-4-23-17-8-6-13(20)9-15(17)12(3)18(23)19(24)22-14-7-5-11(2)16(21)10-14/h5-10H,4H2,1-3H3,(H,22,24). The first kappa shape index (κ1) is 16.9. The highest BCUT2D eigenvalue weighted by Crippen LogP contribution is 2.29. The first-order valence-corrected chi connectivity index (χ1v) is 8.53. The molecule has 0 fully saturated rings. The van der Waals surface area contributed by atoms with E-state index >= 15 is 0 Å². The lowest BCUT2D eigenvalue weighted by atomic mass is 10.1. The van der Waals surface area contributed by atoms with Crippen molar-refractivity contribution in [1.29, 1.82) is 0 Å². The number of hydrogen-bond acceptors (Lipinski definition) is 1. The Morgan fingerprint density at radius 3 is 2.54 bits per heavy atom. The lowest BCUT2D eigenvalue weighted by Gasteiger charge is -2.10. The second kappa shape index (κ2) is 6.50. The van der Waals surface area contributed by atoms with Gasteiger partial charge in [-0.2, -0.15) is 0 Å². The highest BCUT2D eigenvalue weighted by atomic mass is 35.5. The minimum atomic E-state index is -0.151. The number of aromatic nitrogens is 1. The number of hydrogen-bond donors (Lipinski definition) is 1. The molecule has 0 aliphatic carbocycles. The molecule has 0 radical (unpaired) electrons. The van der Waals surface area contributed by atoms with Gasteiger partial charge in [-0.05, 0) is 62.2 Å². The molecule has 1 N–H and O–H groups in total. The number of carbonyl (C=O) groups is 1. The van der Waals surface area contributed by atoms with E-state index in [0.717, 1.165) is 22.0 Å². The molecule has 2 aromatic carbocycles. The number of rotatable bonds is 3. The van der Waals surface area contributed by atoms with Gasteiger partial charge in [-0.15, -0.1) is 0 Å². The summed E-state index contributed by atoms with van der Waals surface area (Å²) in [5, 5.41) is 5.23. The van der Waals surface area contributed by atoms with Crippen molar-refractivity contribution in [1.82, 2.24) is 4.57 Å². The number of anilines is 1. The second-order valence-corrected chi connectivity index (χ2v) is 6.64. The molecule has 1 heterocycles. The van der Waals surface area contributed by atoms with Gasteiger partial charge in [-0.3, -0.25) is 4.79 Å². The zero-order valence-corrected chi connectivity index (χ0v) is 15.3. The minimum Gasteiger partial charge on any atom is -0.337 e. The van der Waals surface area contributed by atoms with E-state index in [4.69, 9.17) is 23.2 Å². The fraction of sp³-hybridized carbons (Fsp3) is 0.211. The highest BCUT2D eigenvalue weighted by Gasteiger charge is 2.20. The van der Waals surface area contributed by atoms with Crippen LogP contribution in [-0.4, -0.2) is 10.5 Å². The summed E-state index contributed by atoms with van der Waals surface area (Å²) in [4.78, 5) is 12.9. The molecule has 124 valence electrons. The summed E-state index contributed by atoms with van der Waals surface area (Å²) in [5.41, 5.74) is 4.23. The average molecular weight is 361 g/mol. The molecule has 3 rings (SSSR count). The maximum absolute atomic E-state index is 12.9. The third kappa shape index (κ3) is 2.90. The molecule has 0 spiro atoms. The predicted molar refractivity (Wildman–Crippen MR) is 102 cm³/mol. The van der Waals surface area contributed by atoms with Gasteiger partial charge in [0.05, 0.1) is 0 Å². The van der Waals surface area contributed by atoms with Gasteiger partial charge in [0.15, 0.2) is 0 Å². The van der Waals surface area contributed by atoms with Crippen LogP contribution in [0.1, 0.15) is 28.5 Å². The Kier molecular flexibility index (Phi) is 4.57.